The van der Waals surface area contributed by atoms with Gasteiger partial charge in [0.15, 0.2) is 0 Å². The van der Waals surface area contributed by atoms with E-state index in [1.165, 1.54) is 25.7 Å². The van der Waals surface area contributed by atoms with E-state index in [9.17, 15) is 0 Å². The highest BCUT2D eigenvalue weighted by atomic mass is 16.5. The summed E-state index contributed by atoms with van der Waals surface area (Å²) in [6, 6.07) is 6.51. The van der Waals surface area contributed by atoms with Gasteiger partial charge in [-0.3, -0.25) is 0 Å². The molecule has 4 rings (SSSR count). The van der Waals surface area contributed by atoms with Crippen LogP contribution in [-0.4, -0.2) is 36.8 Å². The first kappa shape index (κ1) is 19.0. The molecule has 0 spiro atoms. The molecule has 1 aromatic heterocycles. The van der Waals surface area contributed by atoms with E-state index in [0.29, 0.717) is 6.04 Å². The van der Waals surface area contributed by atoms with E-state index < -0.39 is 0 Å². The van der Waals surface area contributed by atoms with Crippen molar-refractivity contribution in [3.63, 3.8) is 0 Å². The number of ether oxygens (including phenoxy) is 2. The lowest BCUT2D eigenvalue weighted by Crippen LogP contribution is -2.40. The van der Waals surface area contributed by atoms with Gasteiger partial charge in [0.25, 0.3) is 0 Å². The van der Waals surface area contributed by atoms with E-state index in [4.69, 9.17) is 19.4 Å². The van der Waals surface area contributed by atoms with Crippen LogP contribution in [0.25, 0.3) is 11.3 Å². The van der Waals surface area contributed by atoms with E-state index in [0.717, 1.165) is 59.1 Å². The second-order valence-corrected chi connectivity index (χ2v) is 8.13. The van der Waals surface area contributed by atoms with Gasteiger partial charge in [0.05, 0.1) is 19.9 Å². The van der Waals surface area contributed by atoms with Gasteiger partial charge in [-0.2, -0.15) is 0 Å². The molecule has 0 unspecified atom stereocenters. The fourth-order valence-corrected chi connectivity index (χ4v) is 4.23. The molecule has 0 radical (unpaired) electrons. The number of hydrogen-bond donors (Lipinski definition) is 0. The number of benzene rings is 1. The summed E-state index contributed by atoms with van der Waals surface area (Å²) in [6.07, 6.45) is 8.48. The highest BCUT2D eigenvalue weighted by molar-refractivity contribution is 5.71. The summed E-state index contributed by atoms with van der Waals surface area (Å²) in [5, 5.41) is 0. The largest absolute Gasteiger partial charge is 0.497 e. The van der Waals surface area contributed by atoms with Gasteiger partial charge in [0, 0.05) is 30.4 Å². The second kappa shape index (κ2) is 7.98. The minimum Gasteiger partial charge on any atom is -0.497 e. The first-order valence-electron chi connectivity index (χ1n) is 10.5. The molecule has 150 valence electrons. The van der Waals surface area contributed by atoms with Crippen molar-refractivity contribution in [1.82, 2.24) is 9.97 Å². The molecule has 2 aliphatic carbocycles. The molecule has 2 aliphatic rings. The Hall–Kier alpha value is -2.30. The number of hydrogen-bond acceptors (Lipinski definition) is 5. The number of methoxy groups -OCH3 is 2. The predicted octanol–water partition coefficient (Wildman–Crippen LogP) is 4.87. The van der Waals surface area contributed by atoms with Crippen LogP contribution >= 0.6 is 0 Å². The van der Waals surface area contributed by atoms with Gasteiger partial charge in [-0.25, -0.2) is 9.97 Å². The van der Waals surface area contributed by atoms with Gasteiger partial charge in [-0.05, 0) is 68.6 Å². The monoisotopic (exact) mass is 381 g/mol. The molecule has 0 atom stereocenters. The van der Waals surface area contributed by atoms with Crippen molar-refractivity contribution in [2.45, 2.75) is 52.0 Å². The van der Waals surface area contributed by atoms with E-state index in [1.54, 1.807) is 14.2 Å². The Morgan fingerprint density at radius 1 is 1.11 bits per heavy atom. The van der Waals surface area contributed by atoms with Crippen LogP contribution in [0.1, 0.15) is 44.6 Å². The van der Waals surface area contributed by atoms with Crippen molar-refractivity contribution in [2.75, 3.05) is 25.7 Å². The molecule has 1 heterocycles. The summed E-state index contributed by atoms with van der Waals surface area (Å²) >= 11 is 0. The molecular formula is C23H31N3O2. The maximum atomic E-state index is 5.63. The van der Waals surface area contributed by atoms with Crippen LogP contribution in [0.5, 0.6) is 11.5 Å². The van der Waals surface area contributed by atoms with Crippen LogP contribution in [0, 0.1) is 18.8 Å². The maximum Gasteiger partial charge on any atom is 0.226 e. The Kier molecular flexibility index (Phi) is 5.42. The zero-order valence-electron chi connectivity index (χ0n) is 17.4. The number of aromatic nitrogens is 2. The molecule has 2 fully saturated rings. The van der Waals surface area contributed by atoms with Crippen LogP contribution in [0.2, 0.25) is 0 Å². The molecule has 1 aromatic carbocycles. The average Bonchev–Trinajstić information content (AvgIpc) is 3.62. The summed E-state index contributed by atoms with van der Waals surface area (Å²) in [7, 11) is 3.36. The van der Waals surface area contributed by atoms with Crippen LogP contribution in [0.15, 0.2) is 24.4 Å². The minimum absolute atomic E-state index is 0.605. The number of anilines is 1. The Bertz CT molecular complexity index is 819. The molecule has 0 amide bonds. The van der Waals surface area contributed by atoms with Gasteiger partial charge in [0.2, 0.25) is 5.95 Å². The molecule has 28 heavy (non-hydrogen) atoms. The van der Waals surface area contributed by atoms with Gasteiger partial charge >= 0.3 is 0 Å². The number of nitrogens with zero attached hydrogens (tertiary/aromatic N) is 3. The smallest absolute Gasteiger partial charge is 0.226 e. The molecule has 5 heteroatoms. The lowest BCUT2D eigenvalue weighted by atomic mass is 10.0. The van der Waals surface area contributed by atoms with Crippen molar-refractivity contribution in [3.05, 3.63) is 30.0 Å². The Balaban J connectivity index is 1.73. The van der Waals surface area contributed by atoms with Crippen LogP contribution in [-0.2, 0) is 0 Å². The van der Waals surface area contributed by atoms with Gasteiger partial charge in [0.1, 0.15) is 11.5 Å². The molecule has 0 aliphatic heterocycles. The topological polar surface area (TPSA) is 47.5 Å². The van der Waals surface area contributed by atoms with Crippen molar-refractivity contribution in [3.8, 4) is 22.8 Å². The summed E-state index contributed by atoms with van der Waals surface area (Å²) in [6.45, 7) is 5.32. The van der Waals surface area contributed by atoms with Gasteiger partial charge in [-0.15, -0.1) is 0 Å². The minimum atomic E-state index is 0.605. The van der Waals surface area contributed by atoms with E-state index in [1.807, 2.05) is 24.4 Å². The number of rotatable bonds is 9. The van der Waals surface area contributed by atoms with E-state index in [-0.39, 0.29) is 0 Å². The lowest BCUT2D eigenvalue weighted by molar-refractivity contribution is 0.395. The third-order valence-electron chi connectivity index (χ3n) is 5.91. The number of aryl methyl sites for hydroxylation is 1. The van der Waals surface area contributed by atoms with E-state index in [2.05, 4.69) is 18.7 Å². The maximum absolute atomic E-state index is 5.63. The van der Waals surface area contributed by atoms with Crippen LogP contribution < -0.4 is 14.4 Å². The lowest BCUT2D eigenvalue weighted by Gasteiger charge is -2.32. The molecule has 2 saturated carbocycles. The molecule has 0 bridgehead atoms. The van der Waals surface area contributed by atoms with Crippen molar-refractivity contribution in [1.29, 1.82) is 0 Å². The fraction of sp³-hybridized carbons (Fsp3) is 0.565. The molecule has 0 N–H and O–H groups in total. The standard InChI is InChI=1S/C23H31N3O2/c1-5-12-26(22(16-6-7-16)17-8-9-17)23-24-14-15(2)21(25-23)19-11-10-18(27-3)13-20(19)28-4/h10-11,13-14,16-17,22H,5-9,12H2,1-4H3. The predicted molar refractivity (Wildman–Crippen MR) is 112 cm³/mol. The quantitative estimate of drug-likeness (QED) is 0.620. The Labute approximate surface area is 168 Å². The van der Waals surface area contributed by atoms with Crippen molar-refractivity contribution in [2.24, 2.45) is 11.8 Å². The van der Waals surface area contributed by atoms with Crippen molar-refractivity contribution < 1.29 is 9.47 Å². The summed E-state index contributed by atoms with van der Waals surface area (Å²) in [4.78, 5) is 12.3. The molecular weight excluding hydrogens is 350 g/mol. The van der Waals surface area contributed by atoms with Crippen LogP contribution in [0.4, 0.5) is 5.95 Å². The summed E-state index contributed by atoms with van der Waals surface area (Å²) < 4.78 is 11.0. The van der Waals surface area contributed by atoms with Gasteiger partial charge < -0.3 is 14.4 Å². The molecule has 2 aromatic rings. The normalized spacial score (nSPS) is 16.3. The third-order valence-corrected chi connectivity index (χ3v) is 5.91. The Morgan fingerprint density at radius 3 is 2.39 bits per heavy atom. The first-order chi connectivity index (χ1) is 13.7. The average molecular weight is 382 g/mol. The second-order valence-electron chi connectivity index (χ2n) is 8.13. The van der Waals surface area contributed by atoms with E-state index >= 15 is 0 Å². The van der Waals surface area contributed by atoms with Crippen LogP contribution in [0.3, 0.4) is 0 Å². The summed E-state index contributed by atoms with van der Waals surface area (Å²) in [5.41, 5.74) is 2.98. The highest BCUT2D eigenvalue weighted by Crippen LogP contribution is 2.48. The molecule has 0 saturated heterocycles. The molecule has 5 nitrogen and oxygen atoms in total. The highest BCUT2D eigenvalue weighted by Gasteiger charge is 2.45. The fourth-order valence-electron chi connectivity index (χ4n) is 4.23. The zero-order chi connectivity index (χ0) is 19.7. The first-order valence-corrected chi connectivity index (χ1v) is 10.5. The SMILES string of the molecule is CCCN(c1ncc(C)c(-c2ccc(OC)cc2OC)n1)C(C1CC1)C1CC1. The van der Waals surface area contributed by atoms with Crippen molar-refractivity contribution >= 4 is 5.95 Å². The van der Waals surface area contributed by atoms with Gasteiger partial charge in [-0.1, -0.05) is 6.92 Å². The summed E-state index contributed by atoms with van der Waals surface area (Å²) in [5.74, 6) is 4.06. The zero-order valence-corrected chi connectivity index (χ0v) is 17.4. The third kappa shape index (κ3) is 3.80. The Morgan fingerprint density at radius 2 is 1.82 bits per heavy atom.